The largest absolute Gasteiger partial charge is 0.494 e. The van der Waals surface area contributed by atoms with Gasteiger partial charge in [-0.25, -0.2) is 0 Å². The Labute approximate surface area is 178 Å². The molecule has 6 heteroatoms. The zero-order chi connectivity index (χ0) is 21.6. The molecule has 162 valence electrons. The van der Waals surface area contributed by atoms with Gasteiger partial charge in [0.2, 0.25) is 0 Å². The van der Waals surface area contributed by atoms with E-state index in [9.17, 15) is 10.4 Å². The molecule has 0 aromatic heterocycles. The van der Waals surface area contributed by atoms with Crippen molar-refractivity contribution in [1.29, 1.82) is 0 Å². The third kappa shape index (κ3) is 7.43. The number of hydrogen-bond acceptors (Lipinski definition) is 6. The van der Waals surface area contributed by atoms with Crippen LogP contribution in [0.2, 0.25) is 0 Å². The third-order valence-corrected chi connectivity index (χ3v) is 4.64. The van der Waals surface area contributed by atoms with E-state index in [2.05, 4.69) is 24.2 Å². The van der Waals surface area contributed by atoms with Crippen molar-refractivity contribution in [3.8, 4) is 11.5 Å². The summed E-state index contributed by atoms with van der Waals surface area (Å²) in [4.78, 5) is 0. The number of nitrogens with zero attached hydrogens (tertiary/aromatic N) is 2. The lowest BCUT2D eigenvalue weighted by molar-refractivity contribution is 0.316. The van der Waals surface area contributed by atoms with Crippen LogP contribution in [-0.4, -0.2) is 35.1 Å². The van der Waals surface area contributed by atoms with Gasteiger partial charge in [0.15, 0.2) is 0 Å². The summed E-state index contributed by atoms with van der Waals surface area (Å²) in [6.07, 6.45) is 4.80. The standard InChI is InChI=1S/C24H32N2O4/c1-3-17-29-21-13-9-19(10-14-21)23(25-27)7-5-6-8-24(26-28)20-11-15-22(16-12-20)30-18-4-2/h9-16,27-28H,3-8,17-18H2,1-2H3/b25-23-,26-24+. The third-order valence-electron chi connectivity index (χ3n) is 4.64. The molecule has 0 heterocycles. The fraction of sp³-hybridized carbons (Fsp3) is 0.417. The minimum Gasteiger partial charge on any atom is -0.494 e. The molecule has 0 aliphatic carbocycles. The van der Waals surface area contributed by atoms with Crippen molar-refractivity contribution in [2.45, 2.75) is 52.4 Å². The Balaban J connectivity index is 1.83. The minimum atomic E-state index is 0.633. The van der Waals surface area contributed by atoms with Crippen molar-refractivity contribution >= 4 is 11.4 Å². The van der Waals surface area contributed by atoms with Crippen LogP contribution in [0, 0.1) is 0 Å². The van der Waals surface area contributed by atoms with Gasteiger partial charge in [-0.15, -0.1) is 0 Å². The van der Waals surface area contributed by atoms with Crippen LogP contribution in [0.3, 0.4) is 0 Å². The summed E-state index contributed by atoms with van der Waals surface area (Å²) >= 11 is 0. The first-order chi connectivity index (χ1) is 14.7. The van der Waals surface area contributed by atoms with Crippen LogP contribution >= 0.6 is 0 Å². The Kier molecular flexibility index (Phi) is 10.3. The number of unbranched alkanes of at least 4 members (excludes halogenated alkanes) is 1. The average molecular weight is 413 g/mol. The fourth-order valence-electron chi connectivity index (χ4n) is 3.02. The second-order valence-corrected chi connectivity index (χ2v) is 7.05. The monoisotopic (exact) mass is 412 g/mol. The van der Waals surface area contributed by atoms with Crippen LogP contribution in [0.1, 0.15) is 63.5 Å². The summed E-state index contributed by atoms with van der Waals surface area (Å²) in [5, 5.41) is 25.7. The molecule has 2 aromatic rings. The molecular weight excluding hydrogens is 380 g/mol. The van der Waals surface area contributed by atoms with Crippen molar-refractivity contribution in [2.24, 2.45) is 10.3 Å². The predicted molar refractivity (Wildman–Crippen MR) is 120 cm³/mol. The van der Waals surface area contributed by atoms with Crippen LogP contribution in [0.5, 0.6) is 11.5 Å². The highest BCUT2D eigenvalue weighted by Crippen LogP contribution is 2.18. The molecule has 2 aromatic carbocycles. The first-order valence-electron chi connectivity index (χ1n) is 10.6. The van der Waals surface area contributed by atoms with Gasteiger partial charge in [-0.2, -0.15) is 0 Å². The molecule has 0 amide bonds. The van der Waals surface area contributed by atoms with Crippen molar-refractivity contribution in [2.75, 3.05) is 13.2 Å². The van der Waals surface area contributed by atoms with E-state index < -0.39 is 0 Å². The SMILES string of the molecule is CCCOc1ccc(/C(CCCC/C(=N\O)c2ccc(OCCC)cc2)=N\O)cc1. The number of ether oxygens (including phenoxy) is 2. The van der Waals surface area contributed by atoms with Crippen molar-refractivity contribution in [3.05, 3.63) is 59.7 Å². The van der Waals surface area contributed by atoms with Gasteiger partial charge in [0.25, 0.3) is 0 Å². The van der Waals surface area contributed by atoms with E-state index in [0.717, 1.165) is 48.3 Å². The summed E-state index contributed by atoms with van der Waals surface area (Å²) in [5.41, 5.74) is 3.02. The maximum Gasteiger partial charge on any atom is 0.119 e. The van der Waals surface area contributed by atoms with Gasteiger partial charge in [0.05, 0.1) is 24.6 Å². The molecule has 0 unspecified atom stereocenters. The van der Waals surface area contributed by atoms with Crippen molar-refractivity contribution < 1.29 is 19.9 Å². The molecule has 0 saturated heterocycles. The van der Waals surface area contributed by atoms with Gasteiger partial charge in [0, 0.05) is 0 Å². The zero-order valence-corrected chi connectivity index (χ0v) is 17.9. The molecule has 0 radical (unpaired) electrons. The topological polar surface area (TPSA) is 83.6 Å². The molecule has 0 atom stereocenters. The van der Waals surface area contributed by atoms with E-state index in [1.54, 1.807) is 0 Å². The van der Waals surface area contributed by atoms with E-state index in [-0.39, 0.29) is 0 Å². The molecule has 0 aliphatic rings. The van der Waals surface area contributed by atoms with Gasteiger partial charge >= 0.3 is 0 Å². The molecule has 0 spiro atoms. The van der Waals surface area contributed by atoms with Crippen LogP contribution in [0.25, 0.3) is 0 Å². The van der Waals surface area contributed by atoms with Crippen molar-refractivity contribution in [3.63, 3.8) is 0 Å². The second-order valence-electron chi connectivity index (χ2n) is 7.05. The summed E-state index contributed by atoms with van der Waals surface area (Å²) in [6.45, 7) is 5.50. The van der Waals surface area contributed by atoms with Gasteiger partial charge in [0.1, 0.15) is 11.5 Å². The van der Waals surface area contributed by atoms with Gasteiger partial charge < -0.3 is 19.9 Å². The predicted octanol–water partition coefficient (Wildman–Crippen LogP) is 5.88. The summed E-state index contributed by atoms with van der Waals surface area (Å²) in [6, 6.07) is 15.2. The lowest BCUT2D eigenvalue weighted by Crippen LogP contribution is -2.04. The Morgan fingerprint density at radius 2 is 1.03 bits per heavy atom. The first kappa shape index (κ1) is 23.3. The molecule has 6 nitrogen and oxygen atoms in total. The summed E-state index contributed by atoms with van der Waals surface area (Å²) in [5.74, 6) is 1.63. The number of benzene rings is 2. The van der Waals surface area contributed by atoms with E-state index in [1.807, 2.05) is 48.5 Å². The molecule has 2 rings (SSSR count). The van der Waals surface area contributed by atoms with E-state index in [1.165, 1.54) is 0 Å². The molecular formula is C24H32N2O4. The number of oxime groups is 2. The molecule has 0 bridgehead atoms. The molecule has 30 heavy (non-hydrogen) atoms. The van der Waals surface area contributed by atoms with E-state index in [0.29, 0.717) is 37.5 Å². The van der Waals surface area contributed by atoms with Gasteiger partial charge in [-0.05, 0) is 98.2 Å². The van der Waals surface area contributed by atoms with Gasteiger partial charge in [-0.3, -0.25) is 0 Å². The quantitative estimate of drug-likeness (QED) is 0.186. The Bertz CT molecular complexity index is 729. The highest BCUT2D eigenvalue weighted by molar-refractivity contribution is 6.01. The van der Waals surface area contributed by atoms with E-state index >= 15 is 0 Å². The number of rotatable bonds is 13. The lowest BCUT2D eigenvalue weighted by atomic mass is 10.0. The van der Waals surface area contributed by atoms with Crippen LogP contribution in [0.4, 0.5) is 0 Å². The maximum atomic E-state index is 9.39. The smallest absolute Gasteiger partial charge is 0.119 e. The average Bonchev–Trinajstić information content (AvgIpc) is 2.80. The van der Waals surface area contributed by atoms with Crippen molar-refractivity contribution in [1.82, 2.24) is 0 Å². The second kappa shape index (κ2) is 13.2. The van der Waals surface area contributed by atoms with Gasteiger partial charge in [-0.1, -0.05) is 24.2 Å². The Morgan fingerprint density at radius 3 is 1.33 bits per heavy atom. The summed E-state index contributed by atoms with van der Waals surface area (Å²) < 4.78 is 11.2. The highest BCUT2D eigenvalue weighted by Gasteiger charge is 2.08. The fourth-order valence-corrected chi connectivity index (χ4v) is 3.02. The van der Waals surface area contributed by atoms with Crippen LogP contribution < -0.4 is 9.47 Å². The number of hydrogen-bond donors (Lipinski definition) is 2. The summed E-state index contributed by atoms with van der Waals surface area (Å²) in [7, 11) is 0. The minimum absolute atomic E-state index is 0.633. The first-order valence-corrected chi connectivity index (χ1v) is 10.6. The van der Waals surface area contributed by atoms with Crippen LogP contribution in [0.15, 0.2) is 58.8 Å². The molecule has 0 saturated carbocycles. The molecule has 0 fully saturated rings. The Hall–Kier alpha value is -3.02. The Morgan fingerprint density at radius 1 is 0.667 bits per heavy atom. The molecule has 2 N–H and O–H groups in total. The van der Waals surface area contributed by atoms with E-state index in [4.69, 9.17) is 9.47 Å². The maximum absolute atomic E-state index is 9.39. The normalized spacial score (nSPS) is 12.1. The lowest BCUT2D eigenvalue weighted by Gasteiger charge is -2.09. The zero-order valence-electron chi connectivity index (χ0n) is 17.9. The highest BCUT2D eigenvalue weighted by atomic mass is 16.5. The molecule has 0 aliphatic heterocycles. The van der Waals surface area contributed by atoms with Crippen LogP contribution in [-0.2, 0) is 0 Å².